The van der Waals surface area contributed by atoms with Crippen molar-refractivity contribution in [2.45, 2.75) is 44.8 Å². The Kier molecular flexibility index (Phi) is 5.70. The second kappa shape index (κ2) is 7.52. The van der Waals surface area contributed by atoms with Gasteiger partial charge in [0.15, 0.2) is 0 Å². The molecule has 21 heavy (non-hydrogen) atoms. The first-order valence-corrected chi connectivity index (χ1v) is 7.49. The number of rotatable bonds is 6. The average molecular weight is 293 g/mol. The molecule has 116 valence electrons. The van der Waals surface area contributed by atoms with Gasteiger partial charge in [0.2, 0.25) is 0 Å². The van der Waals surface area contributed by atoms with Crippen molar-refractivity contribution in [3.8, 4) is 0 Å². The van der Waals surface area contributed by atoms with E-state index in [4.69, 9.17) is 9.47 Å². The number of hydrogen-bond donors (Lipinski definition) is 1. The molecule has 1 heterocycles. The number of nitrogens with zero attached hydrogens (tertiary/aromatic N) is 1. The van der Waals surface area contributed by atoms with Crippen LogP contribution in [0, 0.1) is 5.92 Å². The van der Waals surface area contributed by atoms with Crippen LogP contribution >= 0.6 is 0 Å². The van der Waals surface area contributed by atoms with Crippen LogP contribution in [0.15, 0.2) is 24.4 Å². The maximum atomic E-state index is 11.7. The van der Waals surface area contributed by atoms with Crippen LogP contribution in [0.25, 0.3) is 0 Å². The molecule has 0 saturated heterocycles. The van der Waals surface area contributed by atoms with Crippen LogP contribution in [0.2, 0.25) is 0 Å². The summed E-state index contributed by atoms with van der Waals surface area (Å²) < 4.78 is 10.6. The third-order valence-corrected chi connectivity index (χ3v) is 3.88. The zero-order valence-electron chi connectivity index (χ0n) is 12.5. The predicted molar refractivity (Wildman–Crippen MR) is 77.4 cm³/mol. The molecular formula is C16H23NO4. The van der Waals surface area contributed by atoms with Gasteiger partial charge in [0.05, 0.1) is 37.0 Å². The number of aliphatic hydroxyl groups is 1. The van der Waals surface area contributed by atoms with Crippen LogP contribution in [0.3, 0.4) is 0 Å². The van der Waals surface area contributed by atoms with Gasteiger partial charge in [-0.1, -0.05) is 6.07 Å². The summed E-state index contributed by atoms with van der Waals surface area (Å²) in [5.41, 5.74) is 0.0129. The summed E-state index contributed by atoms with van der Waals surface area (Å²) in [6, 6.07) is 5.65. The van der Waals surface area contributed by atoms with Gasteiger partial charge in [-0.05, 0) is 44.7 Å². The molecular weight excluding hydrogens is 270 g/mol. The number of hydrogen-bond acceptors (Lipinski definition) is 5. The lowest BCUT2D eigenvalue weighted by atomic mass is 9.79. The minimum Gasteiger partial charge on any atom is -0.466 e. The summed E-state index contributed by atoms with van der Waals surface area (Å²) in [5, 5.41) is 10.5. The van der Waals surface area contributed by atoms with Gasteiger partial charge in [-0.15, -0.1) is 0 Å². The van der Waals surface area contributed by atoms with Crippen molar-refractivity contribution in [1.82, 2.24) is 4.98 Å². The van der Waals surface area contributed by atoms with Gasteiger partial charge in [0, 0.05) is 6.20 Å². The zero-order valence-corrected chi connectivity index (χ0v) is 12.5. The second-order valence-corrected chi connectivity index (χ2v) is 5.56. The molecule has 1 aromatic heterocycles. The Labute approximate surface area is 125 Å². The number of esters is 1. The third kappa shape index (κ3) is 4.79. The molecule has 0 radical (unpaired) electrons. The Morgan fingerprint density at radius 2 is 2.19 bits per heavy atom. The highest BCUT2D eigenvalue weighted by molar-refractivity contribution is 5.72. The molecule has 0 amide bonds. The Morgan fingerprint density at radius 3 is 2.81 bits per heavy atom. The summed E-state index contributed by atoms with van der Waals surface area (Å²) in [6.07, 6.45) is 4.17. The number of pyridine rings is 1. The number of aromatic nitrogens is 1. The molecule has 0 atom stereocenters. The largest absolute Gasteiger partial charge is 0.466 e. The number of carbonyl (C=O) groups is 1. The Balaban J connectivity index is 1.73. The van der Waals surface area contributed by atoms with Gasteiger partial charge >= 0.3 is 5.97 Å². The van der Waals surface area contributed by atoms with Gasteiger partial charge in [0.25, 0.3) is 0 Å². The highest BCUT2D eigenvalue weighted by Crippen LogP contribution is 2.33. The zero-order chi connectivity index (χ0) is 15.1. The first-order chi connectivity index (χ1) is 10.1. The Morgan fingerprint density at radius 1 is 1.43 bits per heavy atom. The fourth-order valence-corrected chi connectivity index (χ4v) is 2.62. The molecule has 0 unspecified atom stereocenters. The number of ether oxygens (including phenoxy) is 2. The molecule has 5 nitrogen and oxygen atoms in total. The number of carbonyl (C=O) groups excluding carboxylic acids is 1. The Bertz CT molecular complexity index is 441. The monoisotopic (exact) mass is 293 g/mol. The third-order valence-electron chi connectivity index (χ3n) is 3.88. The normalized spacial score (nSPS) is 25.5. The lowest BCUT2D eigenvalue weighted by Gasteiger charge is -2.34. The molecule has 1 N–H and O–H groups in total. The van der Waals surface area contributed by atoms with Crippen molar-refractivity contribution < 1.29 is 19.4 Å². The predicted octanol–water partition coefficient (Wildman–Crippen LogP) is 2.08. The summed E-state index contributed by atoms with van der Waals surface area (Å²) in [4.78, 5) is 15.8. The van der Waals surface area contributed by atoms with Crippen molar-refractivity contribution in [1.29, 1.82) is 0 Å². The molecule has 2 rings (SSSR count). The fourth-order valence-electron chi connectivity index (χ4n) is 2.62. The maximum Gasteiger partial charge on any atom is 0.308 e. The second-order valence-electron chi connectivity index (χ2n) is 5.56. The summed E-state index contributed by atoms with van der Waals surface area (Å²) in [5.74, 6) is -0.227. The van der Waals surface area contributed by atoms with Crippen LogP contribution in [0.5, 0.6) is 0 Å². The standard InChI is InChI=1S/C16H23NO4/c1-2-21-15(18)13-6-8-16(19,9-7-13)12-20-11-14-5-3-4-10-17-14/h3-5,10,13,19H,2,6-9,11-12H2,1H3. The highest BCUT2D eigenvalue weighted by Gasteiger charge is 2.36. The van der Waals surface area contributed by atoms with Crippen LogP contribution in [0.1, 0.15) is 38.3 Å². The van der Waals surface area contributed by atoms with Crippen molar-refractivity contribution in [3.63, 3.8) is 0 Å². The van der Waals surface area contributed by atoms with Crippen molar-refractivity contribution in [2.75, 3.05) is 13.2 Å². The van der Waals surface area contributed by atoms with E-state index in [9.17, 15) is 9.90 Å². The molecule has 0 spiro atoms. The van der Waals surface area contributed by atoms with Gasteiger partial charge < -0.3 is 14.6 Å². The molecule has 0 aliphatic heterocycles. The quantitative estimate of drug-likeness (QED) is 0.813. The molecule has 0 aromatic carbocycles. The van der Waals surface area contributed by atoms with E-state index in [1.165, 1.54) is 0 Å². The van der Waals surface area contributed by atoms with Crippen LogP contribution in [-0.4, -0.2) is 34.9 Å². The van der Waals surface area contributed by atoms with E-state index in [1.807, 2.05) is 25.1 Å². The molecule has 1 aromatic rings. The van der Waals surface area contributed by atoms with E-state index in [0.717, 1.165) is 5.69 Å². The first-order valence-electron chi connectivity index (χ1n) is 7.49. The molecule has 1 aliphatic rings. The van der Waals surface area contributed by atoms with Gasteiger partial charge in [-0.2, -0.15) is 0 Å². The average Bonchev–Trinajstić information content (AvgIpc) is 2.49. The summed E-state index contributed by atoms with van der Waals surface area (Å²) in [7, 11) is 0. The Hall–Kier alpha value is -1.46. The summed E-state index contributed by atoms with van der Waals surface area (Å²) in [6.45, 7) is 2.89. The minimum absolute atomic E-state index is 0.0824. The minimum atomic E-state index is -0.836. The molecule has 1 saturated carbocycles. The molecule has 0 bridgehead atoms. The molecule has 5 heteroatoms. The van der Waals surface area contributed by atoms with Crippen LogP contribution in [0.4, 0.5) is 0 Å². The lowest BCUT2D eigenvalue weighted by molar-refractivity contribution is -0.152. The van der Waals surface area contributed by atoms with Gasteiger partial charge in [0.1, 0.15) is 0 Å². The fraction of sp³-hybridized carbons (Fsp3) is 0.625. The van der Waals surface area contributed by atoms with Crippen molar-refractivity contribution >= 4 is 5.97 Å². The van der Waals surface area contributed by atoms with E-state index in [1.54, 1.807) is 6.20 Å². The van der Waals surface area contributed by atoms with E-state index in [-0.39, 0.29) is 18.5 Å². The lowest BCUT2D eigenvalue weighted by Crippen LogP contribution is -2.40. The summed E-state index contributed by atoms with van der Waals surface area (Å²) >= 11 is 0. The van der Waals surface area contributed by atoms with Gasteiger partial charge in [-0.25, -0.2) is 0 Å². The first kappa shape index (κ1) is 15.9. The van der Waals surface area contributed by atoms with E-state index < -0.39 is 5.60 Å². The van der Waals surface area contributed by atoms with Crippen LogP contribution in [-0.2, 0) is 20.9 Å². The molecule has 1 aliphatic carbocycles. The SMILES string of the molecule is CCOC(=O)C1CCC(O)(COCc2ccccn2)CC1. The van der Waals surface area contributed by atoms with Crippen molar-refractivity contribution in [2.24, 2.45) is 5.92 Å². The van der Waals surface area contributed by atoms with E-state index >= 15 is 0 Å². The van der Waals surface area contributed by atoms with Crippen molar-refractivity contribution in [3.05, 3.63) is 30.1 Å². The maximum absolute atomic E-state index is 11.7. The molecule has 1 fully saturated rings. The van der Waals surface area contributed by atoms with E-state index in [2.05, 4.69) is 4.98 Å². The van der Waals surface area contributed by atoms with Gasteiger partial charge in [-0.3, -0.25) is 9.78 Å². The smallest absolute Gasteiger partial charge is 0.308 e. The van der Waals surface area contributed by atoms with E-state index in [0.29, 0.717) is 38.9 Å². The van der Waals surface area contributed by atoms with Crippen LogP contribution < -0.4 is 0 Å². The topological polar surface area (TPSA) is 68.7 Å². The highest BCUT2D eigenvalue weighted by atomic mass is 16.5.